The summed E-state index contributed by atoms with van der Waals surface area (Å²) in [7, 11) is 0. The number of nitrogens with one attached hydrogen (secondary N) is 1. The zero-order valence-electron chi connectivity index (χ0n) is 8.52. The Morgan fingerprint density at radius 2 is 2.18 bits per heavy atom. The molecule has 0 aliphatic carbocycles. The fourth-order valence-corrected chi connectivity index (χ4v) is 1.46. The molecule has 0 atom stereocenters. The molecule has 0 spiro atoms. The van der Waals surface area contributed by atoms with Crippen molar-refractivity contribution >= 4 is 21.7 Å². The Balaban J connectivity index is 2.27. The lowest BCUT2D eigenvalue weighted by Gasteiger charge is -2.07. The molecule has 0 amide bonds. The van der Waals surface area contributed by atoms with Gasteiger partial charge in [0, 0.05) is 6.07 Å². The summed E-state index contributed by atoms with van der Waals surface area (Å²) < 4.78 is 19.0. The van der Waals surface area contributed by atoms with Crippen molar-refractivity contribution in [1.82, 2.24) is 9.97 Å². The molecule has 3 N–H and O–H groups in total. The van der Waals surface area contributed by atoms with Crippen LogP contribution in [-0.2, 0) is 0 Å². The van der Waals surface area contributed by atoms with Crippen molar-refractivity contribution < 1.29 is 9.13 Å². The van der Waals surface area contributed by atoms with E-state index in [0.717, 1.165) is 0 Å². The third-order valence-corrected chi connectivity index (χ3v) is 2.52. The molecule has 0 fully saturated rings. The third-order valence-electron chi connectivity index (χ3n) is 1.87. The lowest BCUT2D eigenvalue weighted by molar-refractivity contribution is 0.453. The predicted octanol–water partition coefficient (Wildman–Crippen LogP) is 2.46. The van der Waals surface area contributed by atoms with Gasteiger partial charge in [0.25, 0.3) is 0 Å². The smallest absolute Gasteiger partial charge is 0.239 e. The monoisotopic (exact) mass is 298 g/mol. The van der Waals surface area contributed by atoms with Gasteiger partial charge in [-0.15, -0.1) is 0 Å². The van der Waals surface area contributed by atoms with Crippen LogP contribution in [0, 0.1) is 5.82 Å². The molecule has 2 rings (SSSR count). The van der Waals surface area contributed by atoms with Gasteiger partial charge in [0.15, 0.2) is 5.82 Å². The summed E-state index contributed by atoms with van der Waals surface area (Å²) in [6.45, 7) is 0. The van der Waals surface area contributed by atoms with Crippen molar-refractivity contribution in [3.8, 4) is 11.6 Å². The molecule has 0 aliphatic heterocycles. The van der Waals surface area contributed by atoms with Crippen LogP contribution in [-0.4, -0.2) is 9.97 Å². The lowest BCUT2D eigenvalue weighted by Crippen LogP contribution is -2.09. The molecule has 0 radical (unpaired) electrons. The standard InChI is InChI=1S/C10H8BrFN4O/c11-7-2-1-6(12)3-8(7)17-10-5-14-4-9(15-10)16-13/h1-5H,13H2,(H,15,16). The van der Waals surface area contributed by atoms with Gasteiger partial charge in [-0.05, 0) is 28.1 Å². The maximum Gasteiger partial charge on any atom is 0.239 e. The predicted molar refractivity (Wildman–Crippen MR) is 64.0 cm³/mol. The number of hydrogen-bond donors (Lipinski definition) is 2. The molecule has 0 saturated heterocycles. The molecule has 7 heteroatoms. The first-order chi connectivity index (χ1) is 8.19. The highest BCUT2D eigenvalue weighted by Gasteiger charge is 2.06. The van der Waals surface area contributed by atoms with Crippen molar-refractivity contribution in [3.63, 3.8) is 0 Å². The number of hydrazine groups is 1. The average Bonchev–Trinajstić information content (AvgIpc) is 2.34. The lowest BCUT2D eigenvalue weighted by atomic mass is 10.3. The molecule has 17 heavy (non-hydrogen) atoms. The normalized spacial score (nSPS) is 10.1. The number of nitrogen functional groups attached to an aromatic ring is 1. The summed E-state index contributed by atoms with van der Waals surface area (Å²) in [5.41, 5.74) is 2.34. The number of aromatic nitrogens is 2. The first-order valence-electron chi connectivity index (χ1n) is 4.60. The van der Waals surface area contributed by atoms with Crippen LogP contribution >= 0.6 is 15.9 Å². The topological polar surface area (TPSA) is 73.1 Å². The Labute approximate surface area is 105 Å². The summed E-state index contributed by atoms with van der Waals surface area (Å²) in [6.07, 6.45) is 2.84. The van der Waals surface area contributed by atoms with Gasteiger partial charge in [-0.2, -0.15) is 4.98 Å². The highest BCUT2D eigenvalue weighted by atomic mass is 79.9. The Bertz CT molecular complexity index is 537. The average molecular weight is 299 g/mol. The maximum atomic E-state index is 13.0. The first kappa shape index (κ1) is 11.7. The molecule has 0 bridgehead atoms. The van der Waals surface area contributed by atoms with Crippen LogP contribution in [0.25, 0.3) is 0 Å². The van der Waals surface area contributed by atoms with Gasteiger partial charge in [-0.25, -0.2) is 10.2 Å². The molecular weight excluding hydrogens is 291 g/mol. The van der Waals surface area contributed by atoms with Crippen molar-refractivity contribution in [2.75, 3.05) is 5.43 Å². The molecule has 88 valence electrons. The second-order valence-corrected chi connectivity index (χ2v) is 3.92. The van der Waals surface area contributed by atoms with Crippen molar-refractivity contribution in [2.24, 2.45) is 5.84 Å². The summed E-state index contributed by atoms with van der Waals surface area (Å²) >= 11 is 3.24. The number of ether oxygens (including phenoxy) is 1. The SMILES string of the molecule is NNc1cncc(Oc2cc(F)ccc2Br)n1. The molecule has 0 saturated carbocycles. The minimum atomic E-state index is -0.399. The van der Waals surface area contributed by atoms with Crippen LogP contribution in [0.5, 0.6) is 11.6 Å². The van der Waals surface area contributed by atoms with Crippen LogP contribution in [0.15, 0.2) is 35.1 Å². The van der Waals surface area contributed by atoms with E-state index >= 15 is 0 Å². The molecule has 5 nitrogen and oxygen atoms in total. The fraction of sp³-hybridized carbons (Fsp3) is 0. The number of anilines is 1. The highest BCUT2D eigenvalue weighted by molar-refractivity contribution is 9.10. The molecule has 0 aliphatic rings. The van der Waals surface area contributed by atoms with E-state index in [0.29, 0.717) is 16.0 Å². The second-order valence-electron chi connectivity index (χ2n) is 3.06. The van der Waals surface area contributed by atoms with E-state index in [9.17, 15) is 4.39 Å². The van der Waals surface area contributed by atoms with E-state index < -0.39 is 5.82 Å². The summed E-state index contributed by atoms with van der Waals surface area (Å²) in [4.78, 5) is 7.86. The fourth-order valence-electron chi connectivity index (χ4n) is 1.13. The van der Waals surface area contributed by atoms with Crippen molar-refractivity contribution in [2.45, 2.75) is 0 Å². The largest absolute Gasteiger partial charge is 0.436 e. The Morgan fingerprint density at radius 3 is 2.94 bits per heavy atom. The second kappa shape index (κ2) is 5.07. The first-order valence-corrected chi connectivity index (χ1v) is 5.40. The van der Waals surface area contributed by atoms with Crippen LogP contribution in [0.3, 0.4) is 0 Å². The highest BCUT2D eigenvalue weighted by Crippen LogP contribution is 2.29. The van der Waals surface area contributed by atoms with Crippen molar-refractivity contribution in [1.29, 1.82) is 0 Å². The number of benzene rings is 1. The molecule has 2 aromatic rings. The molecule has 0 unspecified atom stereocenters. The molecular formula is C10H8BrFN4O. The van der Waals surface area contributed by atoms with Crippen LogP contribution in [0.2, 0.25) is 0 Å². The number of rotatable bonds is 3. The Morgan fingerprint density at radius 1 is 1.35 bits per heavy atom. The molecule has 1 heterocycles. The van der Waals surface area contributed by atoms with E-state index in [4.69, 9.17) is 10.6 Å². The number of halogens is 2. The van der Waals surface area contributed by atoms with E-state index in [-0.39, 0.29) is 5.88 Å². The minimum Gasteiger partial charge on any atom is -0.436 e. The van der Waals surface area contributed by atoms with Gasteiger partial charge in [-0.1, -0.05) is 0 Å². The third kappa shape index (κ3) is 2.89. The number of nitrogens with two attached hydrogens (primary N) is 1. The quantitative estimate of drug-likeness (QED) is 0.673. The van der Waals surface area contributed by atoms with E-state index in [1.54, 1.807) is 6.07 Å². The van der Waals surface area contributed by atoms with E-state index in [1.807, 2.05) is 0 Å². The zero-order valence-corrected chi connectivity index (χ0v) is 10.1. The van der Waals surface area contributed by atoms with Gasteiger partial charge in [0.1, 0.15) is 11.6 Å². The summed E-state index contributed by atoms with van der Waals surface area (Å²) in [5, 5.41) is 0. The molecule has 1 aromatic heterocycles. The van der Waals surface area contributed by atoms with Crippen LogP contribution in [0.1, 0.15) is 0 Å². The van der Waals surface area contributed by atoms with Crippen LogP contribution in [0.4, 0.5) is 10.2 Å². The minimum absolute atomic E-state index is 0.215. The van der Waals surface area contributed by atoms with Gasteiger partial charge < -0.3 is 10.2 Å². The van der Waals surface area contributed by atoms with Crippen LogP contribution < -0.4 is 16.0 Å². The van der Waals surface area contributed by atoms with Gasteiger partial charge in [0.2, 0.25) is 5.88 Å². The summed E-state index contributed by atoms with van der Waals surface area (Å²) in [5.74, 6) is 5.67. The zero-order chi connectivity index (χ0) is 12.3. The Kier molecular flexibility index (Phi) is 3.50. The van der Waals surface area contributed by atoms with Gasteiger partial charge in [0.05, 0.1) is 16.9 Å². The summed E-state index contributed by atoms with van der Waals surface area (Å²) in [6, 6.07) is 4.11. The van der Waals surface area contributed by atoms with Crippen molar-refractivity contribution in [3.05, 3.63) is 40.9 Å². The number of hydrogen-bond acceptors (Lipinski definition) is 5. The molecule has 1 aromatic carbocycles. The number of nitrogens with zero attached hydrogens (tertiary/aromatic N) is 2. The van der Waals surface area contributed by atoms with Gasteiger partial charge in [-0.3, -0.25) is 4.98 Å². The maximum absolute atomic E-state index is 13.0. The van der Waals surface area contributed by atoms with Gasteiger partial charge >= 0.3 is 0 Å². The van der Waals surface area contributed by atoms with E-state index in [2.05, 4.69) is 31.3 Å². The van der Waals surface area contributed by atoms with E-state index in [1.165, 1.54) is 24.5 Å². The Hall–Kier alpha value is -1.73.